The average molecular weight is 338 g/mol. The van der Waals surface area contributed by atoms with E-state index in [0.717, 1.165) is 24.3 Å². The van der Waals surface area contributed by atoms with Crippen molar-refractivity contribution in [2.75, 3.05) is 6.61 Å². The number of carboxylic acid groups (broad SMARTS) is 1. The molecule has 0 spiro atoms. The van der Waals surface area contributed by atoms with Crippen LogP contribution in [0.1, 0.15) is 33.2 Å². The average Bonchev–Trinajstić information content (AvgIpc) is 2.53. The first-order valence-electron chi connectivity index (χ1n) is 6.96. The van der Waals surface area contributed by atoms with Crippen LogP contribution in [0.3, 0.4) is 0 Å². The predicted molar refractivity (Wildman–Crippen MR) is 79.8 cm³/mol. The monoisotopic (exact) mass is 338 g/mol. The van der Waals surface area contributed by atoms with E-state index >= 15 is 0 Å². The molecule has 2 aromatic carbocycles. The van der Waals surface area contributed by atoms with Crippen molar-refractivity contribution in [2.45, 2.75) is 13.1 Å². The summed E-state index contributed by atoms with van der Waals surface area (Å²) in [5.74, 6) is -2.04. The molecular weight excluding hydrogens is 325 g/mol. The third-order valence-corrected chi connectivity index (χ3v) is 3.29. The van der Waals surface area contributed by atoms with E-state index in [-0.39, 0.29) is 28.9 Å². The Morgan fingerprint density at radius 3 is 2.12 bits per heavy atom. The second-order valence-electron chi connectivity index (χ2n) is 4.83. The molecule has 4 nitrogen and oxygen atoms in total. The molecule has 0 aliphatic carbocycles. The van der Waals surface area contributed by atoms with Gasteiger partial charge in [0.1, 0.15) is 0 Å². The molecule has 0 aliphatic heterocycles. The van der Waals surface area contributed by atoms with E-state index in [1.165, 1.54) is 18.2 Å². The van der Waals surface area contributed by atoms with Gasteiger partial charge in [-0.3, -0.25) is 0 Å². The molecule has 1 N–H and O–H groups in total. The van der Waals surface area contributed by atoms with Crippen LogP contribution >= 0.6 is 0 Å². The molecule has 0 bridgehead atoms. The second-order valence-corrected chi connectivity index (χ2v) is 4.83. The highest BCUT2D eigenvalue weighted by molar-refractivity contribution is 6.05. The van der Waals surface area contributed by atoms with E-state index in [4.69, 9.17) is 4.74 Å². The van der Waals surface area contributed by atoms with Gasteiger partial charge in [0, 0.05) is 5.56 Å². The molecule has 0 amide bonds. The van der Waals surface area contributed by atoms with E-state index in [1.807, 2.05) is 0 Å². The van der Waals surface area contributed by atoms with Crippen LogP contribution in [0.5, 0.6) is 0 Å². The fourth-order valence-corrected chi connectivity index (χ4v) is 2.25. The van der Waals surface area contributed by atoms with Crippen LogP contribution in [0.4, 0.5) is 13.2 Å². The van der Waals surface area contributed by atoms with Gasteiger partial charge >= 0.3 is 18.1 Å². The first-order chi connectivity index (χ1) is 11.3. The topological polar surface area (TPSA) is 63.6 Å². The number of carboxylic acids is 1. The van der Waals surface area contributed by atoms with Crippen LogP contribution in [-0.2, 0) is 10.9 Å². The first-order valence-corrected chi connectivity index (χ1v) is 6.96. The largest absolute Gasteiger partial charge is 0.478 e. The number of esters is 1. The number of hydrogen-bond donors (Lipinski definition) is 1. The maximum atomic E-state index is 12.7. The van der Waals surface area contributed by atoms with Crippen LogP contribution in [0.2, 0.25) is 0 Å². The van der Waals surface area contributed by atoms with Gasteiger partial charge in [0.25, 0.3) is 0 Å². The number of rotatable bonds is 4. The summed E-state index contributed by atoms with van der Waals surface area (Å²) in [4.78, 5) is 23.5. The van der Waals surface area contributed by atoms with Gasteiger partial charge in [-0.15, -0.1) is 0 Å². The summed E-state index contributed by atoms with van der Waals surface area (Å²) >= 11 is 0. The van der Waals surface area contributed by atoms with Crippen molar-refractivity contribution in [2.24, 2.45) is 0 Å². The highest BCUT2D eigenvalue weighted by Gasteiger charge is 2.30. The van der Waals surface area contributed by atoms with Gasteiger partial charge in [0.2, 0.25) is 0 Å². The van der Waals surface area contributed by atoms with Gasteiger partial charge in [0.05, 0.1) is 23.3 Å². The Morgan fingerprint density at radius 2 is 1.62 bits per heavy atom. The quantitative estimate of drug-likeness (QED) is 0.847. The Labute approximate surface area is 135 Å². The van der Waals surface area contributed by atoms with Crippen LogP contribution in [0.15, 0.2) is 42.5 Å². The number of aromatic carboxylic acids is 1. The molecule has 0 radical (unpaired) electrons. The molecule has 0 aromatic heterocycles. The van der Waals surface area contributed by atoms with E-state index in [0.29, 0.717) is 0 Å². The molecule has 2 rings (SSSR count). The number of benzene rings is 2. The molecule has 7 heteroatoms. The van der Waals surface area contributed by atoms with E-state index < -0.39 is 23.7 Å². The molecule has 0 unspecified atom stereocenters. The van der Waals surface area contributed by atoms with Crippen molar-refractivity contribution >= 4 is 11.9 Å². The maximum absolute atomic E-state index is 12.7. The summed E-state index contributed by atoms with van der Waals surface area (Å²) in [6, 6.07) is 7.96. The Hall–Kier alpha value is -2.83. The number of hydrogen-bond acceptors (Lipinski definition) is 3. The molecule has 2 aromatic rings. The van der Waals surface area contributed by atoms with Crippen molar-refractivity contribution in [3.05, 3.63) is 59.2 Å². The molecule has 24 heavy (non-hydrogen) atoms. The second kappa shape index (κ2) is 6.74. The van der Waals surface area contributed by atoms with Gasteiger partial charge in [-0.1, -0.05) is 18.2 Å². The molecule has 0 heterocycles. The normalized spacial score (nSPS) is 11.2. The van der Waals surface area contributed by atoms with Crippen molar-refractivity contribution < 1.29 is 32.6 Å². The van der Waals surface area contributed by atoms with Crippen molar-refractivity contribution in [1.29, 1.82) is 0 Å². The molecule has 0 saturated heterocycles. The Bertz CT molecular complexity index is 764. The molecular formula is C17H13F3O4. The number of ether oxygens (including phenoxy) is 1. The van der Waals surface area contributed by atoms with Gasteiger partial charge < -0.3 is 9.84 Å². The lowest BCUT2D eigenvalue weighted by Crippen LogP contribution is -2.10. The van der Waals surface area contributed by atoms with Crippen molar-refractivity contribution in [3.8, 4) is 11.1 Å². The number of carbonyl (C=O) groups excluding carboxylic acids is 1. The van der Waals surface area contributed by atoms with Crippen LogP contribution < -0.4 is 0 Å². The van der Waals surface area contributed by atoms with Gasteiger partial charge in [-0.2, -0.15) is 13.2 Å². The summed E-state index contributed by atoms with van der Waals surface area (Å²) in [7, 11) is 0. The standard InChI is InChI=1S/C17H13F3O4/c1-2-24-16(23)13-5-3-4-12(15(21)22)14(13)10-6-8-11(9-7-10)17(18,19)20/h3-9H,2H2,1H3,(H,21,22). The van der Waals surface area contributed by atoms with Crippen molar-refractivity contribution in [1.82, 2.24) is 0 Å². The third kappa shape index (κ3) is 3.56. The smallest absolute Gasteiger partial charge is 0.416 e. The minimum absolute atomic E-state index is 0.0171. The highest BCUT2D eigenvalue weighted by atomic mass is 19.4. The third-order valence-electron chi connectivity index (χ3n) is 3.29. The highest BCUT2D eigenvalue weighted by Crippen LogP contribution is 2.33. The van der Waals surface area contributed by atoms with Crippen LogP contribution in [0, 0.1) is 0 Å². The number of halogens is 3. The maximum Gasteiger partial charge on any atom is 0.416 e. The molecule has 0 saturated carbocycles. The van der Waals surface area contributed by atoms with E-state index in [2.05, 4.69) is 0 Å². The van der Waals surface area contributed by atoms with E-state index in [9.17, 15) is 27.9 Å². The van der Waals surface area contributed by atoms with Gasteiger partial charge in [0.15, 0.2) is 0 Å². The summed E-state index contributed by atoms with van der Waals surface area (Å²) in [6.45, 7) is 1.68. The zero-order valence-electron chi connectivity index (χ0n) is 12.6. The zero-order chi connectivity index (χ0) is 17.9. The fourth-order valence-electron chi connectivity index (χ4n) is 2.25. The van der Waals surface area contributed by atoms with Crippen LogP contribution in [-0.4, -0.2) is 23.7 Å². The summed E-state index contributed by atoms with van der Waals surface area (Å²) in [5.41, 5.74) is -0.866. The Kier molecular flexibility index (Phi) is 4.92. The zero-order valence-corrected chi connectivity index (χ0v) is 12.6. The van der Waals surface area contributed by atoms with Gasteiger partial charge in [-0.25, -0.2) is 9.59 Å². The molecule has 0 atom stereocenters. The SMILES string of the molecule is CCOC(=O)c1cccc(C(=O)O)c1-c1ccc(C(F)(F)F)cc1. The molecule has 126 valence electrons. The summed E-state index contributed by atoms with van der Waals surface area (Å²) < 4.78 is 42.9. The lowest BCUT2D eigenvalue weighted by molar-refractivity contribution is -0.137. The lowest BCUT2D eigenvalue weighted by atomic mass is 9.93. The van der Waals surface area contributed by atoms with Crippen molar-refractivity contribution in [3.63, 3.8) is 0 Å². The van der Waals surface area contributed by atoms with Gasteiger partial charge in [-0.05, 0) is 36.8 Å². The Balaban J connectivity index is 2.62. The Morgan fingerprint density at radius 1 is 1.04 bits per heavy atom. The first kappa shape index (κ1) is 17.5. The number of carbonyl (C=O) groups is 2. The predicted octanol–water partition coefficient (Wildman–Crippen LogP) is 4.25. The number of alkyl halides is 3. The summed E-state index contributed by atoms with van der Waals surface area (Å²) in [6.07, 6.45) is -4.51. The lowest BCUT2D eigenvalue weighted by Gasteiger charge is -2.13. The minimum Gasteiger partial charge on any atom is -0.478 e. The molecule has 0 fully saturated rings. The van der Waals surface area contributed by atoms with Crippen LogP contribution in [0.25, 0.3) is 11.1 Å². The van der Waals surface area contributed by atoms with E-state index in [1.54, 1.807) is 6.92 Å². The minimum atomic E-state index is -4.51. The molecule has 0 aliphatic rings. The fraction of sp³-hybridized carbons (Fsp3) is 0.176. The summed E-state index contributed by atoms with van der Waals surface area (Å²) in [5, 5.41) is 9.31.